The lowest BCUT2D eigenvalue weighted by Gasteiger charge is -2.34. The third-order valence-corrected chi connectivity index (χ3v) is 7.48. The molecule has 0 aromatic heterocycles. The first-order chi connectivity index (χ1) is 17.8. The Morgan fingerprint density at radius 1 is 0.675 bits per heavy atom. The average molecular weight is 613 g/mol. The van der Waals surface area contributed by atoms with Crippen molar-refractivity contribution in [2.24, 2.45) is 0 Å². The van der Waals surface area contributed by atoms with Gasteiger partial charge in [-0.3, -0.25) is 9.59 Å². The summed E-state index contributed by atoms with van der Waals surface area (Å²) in [6.07, 6.45) is -8.98. The summed E-state index contributed by atoms with van der Waals surface area (Å²) >= 11 is 0. The zero-order chi connectivity index (χ0) is 27.6. The van der Waals surface area contributed by atoms with E-state index in [1.807, 2.05) is 13.8 Å². The van der Waals surface area contributed by atoms with Gasteiger partial charge in [0.05, 0.1) is 34.3 Å². The maximum atomic E-state index is 13.0. The minimum Gasteiger partial charge on any atom is -0.329 e. The number of piperazine rings is 2. The maximum absolute atomic E-state index is 13.0. The van der Waals surface area contributed by atoms with Crippen LogP contribution in [0, 0.1) is 0 Å². The van der Waals surface area contributed by atoms with Crippen molar-refractivity contribution in [3.05, 3.63) is 69.8 Å². The topological polar surface area (TPSA) is 64.7 Å². The minimum absolute atomic E-state index is 0. The van der Waals surface area contributed by atoms with Crippen LogP contribution in [0.15, 0.2) is 36.4 Å². The van der Waals surface area contributed by atoms with Gasteiger partial charge in [0.25, 0.3) is 11.8 Å². The largest absolute Gasteiger partial charge is 0.417 e. The highest BCUT2D eigenvalue weighted by Gasteiger charge is 2.47. The van der Waals surface area contributed by atoms with Gasteiger partial charge in [-0.1, -0.05) is 24.3 Å². The van der Waals surface area contributed by atoms with Crippen molar-refractivity contribution in [3.63, 3.8) is 0 Å². The number of amides is 2. The fraction of sp³-hybridized carbons (Fsp3) is 0.462. The summed E-state index contributed by atoms with van der Waals surface area (Å²) in [5, 5.41) is 6.40. The Bertz CT molecular complexity index is 1190. The smallest absolute Gasteiger partial charge is 0.329 e. The van der Waals surface area contributed by atoms with Crippen LogP contribution in [0.2, 0.25) is 0 Å². The highest BCUT2D eigenvalue weighted by molar-refractivity contribution is 6.01. The summed E-state index contributed by atoms with van der Waals surface area (Å²) in [5.74, 6) is -0.998. The number of hydrogen-bond donors (Lipinski definition) is 2. The van der Waals surface area contributed by atoms with Gasteiger partial charge in [-0.05, 0) is 37.1 Å². The molecule has 0 spiro atoms. The van der Waals surface area contributed by atoms with Crippen LogP contribution in [0.3, 0.4) is 0 Å². The van der Waals surface area contributed by atoms with E-state index in [4.69, 9.17) is 0 Å². The SMILES string of the molecule is C[C@@H]1CN2C(=O)c3c(cccc3C(F)(F)F)[C@@H]2CN1.C[C@@H]1CN2C(=O)c3c(cccc3C(F)(F)F)[C@H]2CN1.Cl.Cl. The highest BCUT2D eigenvalue weighted by Crippen LogP contribution is 2.43. The van der Waals surface area contributed by atoms with Crippen LogP contribution >= 0.6 is 24.8 Å². The second kappa shape index (κ2) is 11.4. The standard InChI is InChI=1S/2C13H13F3N2O.2ClH/c2*1-7-6-18-10(5-17-7)8-3-2-4-9(13(14,15)16)11(8)12(18)19;;/h2*2-4,7,10,17H,5-6H2,1H3;2*1H/t7-,10+;7-,10-;;/m11../s1. The Labute approximate surface area is 239 Å². The van der Waals surface area contributed by atoms with Crippen LogP contribution in [0.25, 0.3) is 0 Å². The number of nitrogens with one attached hydrogen (secondary N) is 2. The molecule has 2 fully saturated rings. The summed E-state index contributed by atoms with van der Waals surface area (Å²) in [5.41, 5.74) is -1.01. The molecule has 6 nitrogen and oxygen atoms in total. The van der Waals surface area contributed by atoms with E-state index in [9.17, 15) is 35.9 Å². The van der Waals surface area contributed by atoms with Crippen LogP contribution < -0.4 is 10.6 Å². The van der Waals surface area contributed by atoms with E-state index in [-0.39, 0.29) is 60.1 Å². The lowest BCUT2D eigenvalue weighted by Crippen LogP contribution is -2.50. The molecule has 0 saturated carbocycles. The molecule has 2 saturated heterocycles. The Balaban J connectivity index is 0.000000210. The van der Waals surface area contributed by atoms with Crippen molar-refractivity contribution in [3.8, 4) is 0 Å². The highest BCUT2D eigenvalue weighted by atomic mass is 35.5. The number of nitrogens with zero attached hydrogens (tertiary/aromatic N) is 2. The van der Waals surface area contributed by atoms with Crippen LogP contribution in [0.1, 0.15) is 68.9 Å². The zero-order valence-corrected chi connectivity index (χ0v) is 23.0. The molecule has 4 atom stereocenters. The first kappa shape index (κ1) is 32.0. The third-order valence-electron chi connectivity index (χ3n) is 7.48. The number of benzene rings is 2. The Kier molecular flexibility index (Phi) is 9.10. The van der Waals surface area contributed by atoms with Crippen LogP contribution in [-0.2, 0) is 12.4 Å². The molecule has 40 heavy (non-hydrogen) atoms. The molecule has 6 rings (SSSR count). The Morgan fingerprint density at radius 3 is 1.35 bits per heavy atom. The van der Waals surface area contributed by atoms with E-state index in [1.165, 1.54) is 12.1 Å². The fourth-order valence-electron chi connectivity index (χ4n) is 5.76. The molecule has 2 amide bonds. The molecule has 0 radical (unpaired) electrons. The molecule has 220 valence electrons. The maximum Gasteiger partial charge on any atom is 0.417 e. The molecule has 2 N–H and O–H groups in total. The van der Waals surface area contributed by atoms with Crippen LogP contribution in [0.5, 0.6) is 0 Å². The molecule has 2 aromatic carbocycles. The number of fused-ring (bicyclic) bond motifs is 6. The summed E-state index contributed by atoms with van der Waals surface area (Å²) in [6.45, 7) is 5.71. The van der Waals surface area contributed by atoms with Gasteiger partial charge in [-0.2, -0.15) is 26.3 Å². The lowest BCUT2D eigenvalue weighted by atomic mass is 9.98. The Hall–Kier alpha value is -2.54. The van der Waals surface area contributed by atoms with Gasteiger partial charge in [0, 0.05) is 38.3 Å². The van der Waals surface area contributed by atoms with Crippen LogP contribution in [-0.4, -0.2) is 59.9 Å². The van der Waals surface area contributed by atoms with Gasteiger partial charge >= 0.3 is 12.4 Å². The summed E-state index contributed by atoms with van der Waals surface area (Å²) in [7, 11) is 0. The number of rotatable bonds is 0. The van der Waals surface area contributed by atoms with Gasteiger partial charge < -0.3 is 20.4 Å². The molecule has 14 heteroatoms. The number of alkyl halides is 6. The quantitative estimate of drug-likeness (QED) is 0.400. The van der Waals surface area contributed by atoms with E-state index >= 15 is 0 Å². The number of carbonyl (C=O) groups is 2. The number of carbonyl (C=O) groups excluding carboxylic acids is 2. The Morgan fingerprint density at radius 2 is 1.02 bits per heavy atom. The molecular weight excluding hydrogens is 585 g/mol. The van der Waals surface area contributed by atoms with Crippen molar-refractivity contribution in [1.82, 2.24) is 20.4 Å². The zero-order valence-electron chi connectivity index (χ0n) is 21.4. The summed E-state index contributed by atoms with van der Waals surface area (Å²) in [6, 6.07) is 7.58. The predicted molar refractivity (Wildman–Crippen MR) is 140 cm³/mol. The minimum atomic E-state index is -4.49. The average Bonchev–Trinajstić information content (AvgIpc) is 3.29. The monoisotopic (exact) mass is 612 g/mol. The van der Waals surface area contributed by atoms with Crippen molar-refractivity contribution >= 4 is 36.6 Å². The van der Waals surface area contributed by atoms with E-state index in [0.29, 0.717) is 37.3 Å². The van der Waals surface area contributed by atoms with Crippen molar-refractivity contribution in [2.75, 3.05) is 26.2 Å². The van der Waals surface area contributed by atoms with E-state index in [1.54, 1.807) is 21.9 Å². The van der Waals surface area contributed by atoms with Gasteiger partial charge in [-0.25, -0.2) is 0 Å². The third kappa shape index (κ3) is 5.50. The van der Waals surface area contributed by atoms with Crippen molar-refractivity contribution in [2.45, 2.75) is 50.4 Å². The van der Waals surface area contributed by atoms with Gasteiger partial charge in [0.15, 0.2) is 0 Å². The number of hydrogen-bond acceptors (Lipinski definition) is 4. The normalized spacial score (nSPS) is 25.0. The molecule has 0 aliphatic carbocycles. The van der Waals surface area contributed by atoms with E-state index in [0.717, 1.165) is 12.1 Å². The molecule has 4 heterocycles. The predicted octanol–water partition coefficient (Wildman–Crippen LogP) is 5.23. The molecule has 0 bridgehead atoms. The molecular formula is C26H28Cl2F6N4O2. The van der Waals surface area contributed by atoms with E-state index in [2.05, 4.69) is 10.6 Å². The van der Waals surface area contributed by atoms with Crippen molar-refractivity contribution < 1.29 is 35.9 Å². The molecule has 0 unspecified atom stereocenters. The second-order valence-electron chi connectivity index (χ2n) is 10.1. The fourth-order valence-corrected chi connectivity index (χ4v) is 5.76. The summed E-state index contributed by atoms with van der Waals surface area (Å²) < 4.78 is 77.9. The summed E-state index contributed by atoms with van der Waals surface area (Å²) in [4.78, 5) is 27.6. The lowest BCUT2D eigenvalue weighted by molar-refractivity contribution is -0.138. The van der Waals surface area contributed by atoms with Crippen LogP contribution in [0.4, 0.5) is 26.3 Å². The van der Waals surface area contributed by atoms with E-state index < -0.39 is 35.3 Å². The first-order valence-electron chi connectivity index (χ1n) is 12.3. The van der Waals surface area contributed by atoms with Gasteiger partial charge in [0.1, 0.15) is 0 Å². The first-order valence-corrected chi connectivity index (χ1v) is 12.3. The van der Waals surface area contributed by atoms with Gasteiger partial charge in [-0.15, -0.1) is 24.8 Å². The molecule has 4 aliphatic heterocycles. The van der Waals surface area contributed by atoms with Crippen molar-refractivity contribution in [1.29, 1.82) is 0 Å². The number of halogens is 8. The van der Waals surface area contributed by atoms with Gasteiger partial charge in [0.2, 0.25) is 0 Å². The molecule has 2 aromatic rings. The molecule has 4 aliphatic rings. The second-order valence-corrected chi connectivity index (χ2v) is 10.1.